The number of rotatable bonds is 10. The van der Waals surface area contributed by atoms with Crippen molar-refractivity contribution in [3.8, 4) is 0 Å². The average molecular weight is 538 g/mol. The van der Waals surface area contributed by atoms with Crippen LogP contribution in [0.3, 0.4) is 0 Å². The first kappa shape index (κ1) is 26.3. The number of benzene rings is 1. The van der Waals surface area contributed by atoms with Crippen molar-refractivity contribution in [2.45, 2.75) is 30.8 Å². The number of nitrogens with zero attached hydrogens (tertiary/aromatic N) is 3. The molecule has 0 aliphatic rings. The molecule has 3 N–H and O–H groups in total. The van der Waals surface area contributed by atoms with Crippen molar-refractivity contribution in [3.05, 3.63) is 70.2 Å². The molecule has 0 saturated carbocycles. The van der Waals surface area contributed by atoms with Crippen molar-refractivity contribution >= 4 is 56.4 Å². The minimum absolute atomic E-state index is 0.0621. The standard InChI is InChI=1S/C22H21Cl2N5O5S/c1-2-7-35(33,34)19-9-18(26-12-27-19)29-17(22(31)32)8-13-3-5-14(6-4-13)28-21(30)20-15(23)10-25-11-16(20)24/h3-6,9-12,17H,2,7-8H2,1H3,(H,28,30)(H,31,32)(H,26,27,29). The second kappa shape index (κ2) is 11.4. The van der Waals surface area contributed by atoms with Crippen LogP contribution in [-0.2, 0) is 21.1 Å². The molecule has 3 rings (SSSR count). The Labute approximate surface area is 211 Å². The molecule has 0 aliphatic heterocycles. The SMILES string of the molecule is CCCS(=O)(=O)c1cc(NC(Cc2ccc(NC(=O)c3c(Cl)cncc3Cl)cc2)C(=O)O)ncn1. The Bertz CT molecular complexity index is 1320. The van der Waals surface area contributed by atoms with E-state index >= 15 is 0 Å². The van der Waals surface area contributed by atoms with Crippen LogP contribution in [0.25, 0.3) is 0 Å². The Morgan fingerprint density at radius 1 is 1.09 bits per heavy atom. The van der Waals surface area contributed by atoms with Crippen LogP contribution in [0.1, 0.15) is 29.3 Å². The number of carboxylic acid groups (broad SMARTS) is 1. The van der Waals surface area contributed by atoms with E-state index in [1.165, 1.54) is 18.5 Å². The van der Waals surface area contributed by atoms with Gasteiger partial charge in [0, 0.05) is 30.6 Å². The van der Waals surface area contributed by atoms with Gasteiger partial charge in [0.15, 0.2) is 14.9 Å². The summed E-state index contributed by atoms with van der Waals surface area (Å²) in [5.41, 5.74) is 1.19. The molecule has 2 heterocycles. The number of amides is 1. The molecule has 0 saturated heterocycles. The molecule has 0 aliphatic carbocycles. The van der Waals surface area contributed by atoms with Crippen molar-refractivity contribution in [3.63, 3.8) is 0 Å². The third-order valence-corrected chi connectivity index (χ3v) is 7.17. The smallest absolute Gasteiger partial charge is 0.326 e. The zero-order valence-corrected chi connectivity index (χ0v) is 20.7. The molecule has 0 bridgehead atoms. The second-order valence-corrected chi connectivity index (χ2v) is 10.3. The van der Waals surface area contributed by atoms with Gasteiger partial charge in [-0.15, -0.1) is 0 Å². The van der Waals surface area contributed by atoms with Gasteiger partial charge in [-0.25, -0.2) is 23.2 Å². The Kier molecular flexibility index (Phi) is 8.60. The fourth-order valence-corrected chi connectivity index (χ4v) is 4.90. The van der Waals surface area contributed by atoms with E-state index in [9.17, 15) is 23.1 Å². The minimum atomic E-state index is -3.58. The highest BCUT2D eigenvalue weighted by molar-refractivity contribution is 7.91. The Balaban J connectivity index is 1.70. The minimum Gasteiger partial charge on any atom is -0.480 e. The Morgan fingerprint density at radius 2 is 1.74 bits per heavy atom. The highest BCUT2D eigenvalue weighted by Gasteiger charge is 2.21. The van der Waals surface area contributed by atoms with E-state index in [2.05, 4.69) is 25.6 Å². The summed E-state index contributed by atoms with van der Waals surface area (Å²) in [5.74, 6) is -1.66. The maximum atomic E-state index is 12.5. The number of aromatic nitrogens is 3. The number of hydrogen-bond acceptors (Lipinski definition) is 8. The summed E-state index contributed by atoms with van der Waals surface area (Å²) in [7, 11) is -3.58. The quantitative estimate of drug-likeness (QED) is 0.328. The number of hydrogen-bond donors (Lipinski definition) is 3. The molecular formula is C22H21Cl2N5O5S. The summed E-state index contributed by atoms with van der Waals surface area (Å²) in [6.07, 6.45) is 4.18. The van der Waals surface area contributed by atoms with Crippen molar-refractivity contribution in [2.75, 3.05) is 16.4 Å². The molecule has 0 fully saturated rings. The summed E-state index contributed by atoms with van der Waals surface area (Å²) in [6, 6.07) is 6.64. The fourth-order valence-electron chi connectivity index (χ4n) is 3.12. The van der Waals surface area contributed by atoms with E-state index in [1.807, 2.05) is 0 Å². The highest BCUT2D eigenvalue weighted by Crippen LogP contribution is 2.24. The fraction of sp³-hybridized carbons (Fsp3) is 0.227. The molecule has 184 valence electrons. The van der Waals surface area contributed by atoms with Crippen LogP contribution in [0.15, 0.2) is 54.1 Å². The van der Waals surface area contributed by atoms with Gasteiger partial charge < -0.3 is 15.7 Å². The third-order valence-electron chi connectivity index (χ3n) is 4.79. The second-order valence-electron chi connectivity index (χ2n) is 7.43. The summed E-state index contributed by atoms with van der Waals surface area (Å²) < 4.78 is 24.5. The molecule has 0 spiro atoms. The lowest BCUT2D eigenvalue weighted by Crippen LogP contribution is -2.32. The lowest BCUT2D eigenvalue weighted by atomic mass is 10.1. The van der Waals surface area contributed by atoms with E-state index in [1.54, 1.807) is 31.2 Å². The molecular weight excluding hydrogens is 517 g/mol. The number of halogens is 2. The first-order valence-corrected chi connectivity index (χ1v) is 12.7. The van der Waals surface area contributed by atoms with Gasteiger partial charge in [-0.1, -0.05) is 42.3 Å². The van der Waals surface area contributed by atoms with E-state index in [4.69, 9.17) is 23.2 Å². The normalized spacial score (nSPS) is 12.1. The number of carboxylic acids is 1. The van der Waals surface area contributed by atoms with Crippen LogP contribution in [-0.4, -0.2) is 52.1 Å². The van der Waals surface area contributed by atoms with E-state index in [-0.39, 0.29) is 38.6 Å². The number of carbonyl (C=O) groups is 2. The number of aliphatic carboxylic acids is 1. The van der Waals surface area contributed by atoms with Crippen molar-refractivity contribution in [1.82, 2.24) is 15.0 Å². The predicted octanol–water partition coefficient (Wildman–Crippen LogP) is 3.72. The van der Waals surface area contributed by atoms with Crippen LogP contribution >= 0.6 is 23.2 Å². The molecule has 1 amide bonds. The molecule has 1 atom stereocenters. The number of carbonyl (C=O) groups excluding carboxylic acids is 1. The van der Waals surface area contributed by atoms with Gasteiger partial charge in [-0.2, -0.15) is 0 Å². The molecule has 2 aromatic heterocycles. The number of anilines is 2. The highest BCUT2D eigenvalue weighted by atomic mass is 35.5. The number of nitrogens with one attached hydrogen (secondary N) is 2. The van der Waals surface area contributed by atoms with Crippen molar-refractivity contribution in [2.24, 2.45) is 0 Å². The Morgan fingerprint density at radius 3 is 2.34 bits per heavy atom. The van der Waals surface area contributed by atoms with Gasteiger partial charge in [-0.3, -0.25) is 9.78 Å². The van der Waals surface area contributed by atoms with Crippen LogP contribution in [0.5, 0.6) is 0 Å². The maximum Gasteiger partial charge on any atom is 0.326 e. The molecule has 10 nitrogen and oxygen atoms in total. The van der Waals surface area contributed by atoms with E-state index in [0.717, 1.165) is 6.33 Å². The van der Waals surface area contributed by atoms with Gasteiger partial charge in [0.2, 0.25) is 0 Å². The Hall–Kier alpha value is -3.28. The van der Waals surface area contributed by atoms with Gasteiger partial charge in [0.1, 0.15) is 18.2 Å². The van der Waals surface area contributed by atoms with Gasteiger partial charge in [0.25, 0.3) is 5.91 Å². The van der Waals surface area contributed by atoms with Gasteiger partial charge >= 0.3 is 5.97 Å². The topological polar surface area (TPSA) is 151 Å². The van der Waals surface area contributed by atoms with Crippen LogP contribution < -0.4 is 10.6 Å². The summed E-state index contributed by atoms with van der Waals surface area (Å²) >= 11 is 12.0. The van der Waals surface area contributed by atoms with Crippen LogP contribution in [0.2, 0.25) is 10.0 Å². The first-order valence-electron chi connectivity index (χ1n) is 10.3. The zero-order valence-electron chi connectivity index (χ0n) is 18.4. The van der Waals surface area contributed by atoms with Crippen LogP contribution in [0, 0.1) is 0 Å². The third kappa shape index (κ3) is 6.87. The predicted molar refractivity (Wildman–Crippen MR) is 132 cm³/mol. The molecule has 1 aromatic carbocycles. The van der Waals surface area contributed by atoms with Crippen molar-refractivity contribution < 1.29 is 23.1 Å². The first-order chi connectivity index (χ1) is 16.6. The van der Waals surface area contributed by atoms with Gasteiger partial charge in [-0.05, 0) is 24.1 Å². The number of pyridine rings is 1. The largest absolute Gasteiger partial charge is 0.480 e. The van der Waals surface area contributed by atoms with E-state index < -0.39 is 27.8 Å². The number of sulfone groups is 1. The van der Waals surface area contributed by atoms with Crippen molar-refractivity contribution in [1.29, 1.82) is 0 Å². The lowest BCUT2D eigenvalue weighted by Gasteiger charge is -2.16. The summed E-state index contributed by atoms with van der Waals surface area (Å²) in [6.45, 7) is 1.73. The molecule has 0 radical (unpaired) electrons. The summed E-state index contributed by atoms with van der Waals surface area (Å²) in [4.78, 5) is 35.9. The zero-order chi connectivity index (χ0) is 25.6. The van der Waals surface area contributed by atoms with Crippen LogP contribution in [0.4, 0.5) is 11.5 Å². The summed E-state index contributed by atoms with van der Waals surface area (Å²) in [5, 5.41) is 15.1. The van der Waals surface area contributed by atoms with Gasteiger partial charge in [0.05, 0.1) is 21.4 Å². The van der Waals surface area contributed by atoms with E-state index in [0.29, 0.717) is 17.7 Å². The molecule has 35 heavy (non-hydrogen) atoms. The molecule has 13 heteroatoms. The maximum absolute atomic E-state index is 12.5. The monoisotopic (exact) mass is 537 g/mol. The molecule has 3 aromatic rings. The lowest BCUT2D eigenvalue weighted by molar-refractivity contribution is -0.137. The average Bonchev–Trinajstić information content (AvgIpc) is 2.80. The molecule has 1 unspecified atom stereocenters.